The number of esters is 1. The number of ketones is 2. The number of hydrogen-bond acceptors (Lipinski definition) is 21. The average molecular weight is 1270 g/mol. The highest BCUT2D eigenvalue weighted by Gasteiger charge is 2.53. The van der Waals surface area contributed by atoms with E-state index in [0.717, 1.165) is 5.57 Å². The standard InChI is InChI=1S/C66H111N3O20/c1-10-80-28-29-82-32-33-84-36-37-86-39-38-85-35-34-83-31-30-81-27-25-68-65(76)88-56-24-21-51(43-58(56)79-9)42-53(67)55-23-19-46(3)41-49(6)60(71)61(72)59(70)48(5)40-45(2)16-12-11-13-17-47(4)57(78-8)44-52-22-20-50(7)66(77,89-52)62(73)63(74)69-26-15-14-18-54(69)64(75)87-55/h11-13,16-17,41,45-46,48,50-58,60-61,71-72,77H,10,14-15,18-40,42-44,67H2,1-9H3,(H,68,76)/b13-11+,16-12+,47-17+,49-41+/t45-,46+,48-,50-,51+,52+,53-,54+,55+,56-,57+,58-,60-,61+,66-/m1/s1. The number of nitrogens with zero attached hydrogens (tertiary/aromatic N) is 1. The van der Waals surface area contributed by atoms with Gasteiger partial charge in [-0.15, -0.1) is 0 Å². The highest BCUT2D eigenvalue weighted by Crippen LogP contribution is 2.37. The topological polar surface area (TPSA) is 298 Å². The maximum Gasteiger partial charge on any atom is 0.407 e. The Morgan fingerprint density at radius 2 is 1.31 bits per heavy atom. The van der Waals surface area contributed by atoms with Gasteiger partial charge in [0.25, 0.3) is 11.7 Å². The fourth-order valence-corrected chi connectivity index (χ4v) is 11.8. The summed E-state index contributed by atoms with van der Waals surface area (Å²) in [5, 5.41) is 37.2. The number of Topliss-reactive ketones (excluding diaryl/α,β-unsaturated/α-hetero) is 2. The summed E-state index contributed by atoms with van der Waals surface area (Å²) in [4.78, 5) is 71.0. The van der Waals surface area contributed by atoms with E-state index in [-0.39, 0.29) is 50.3 Å². The summed E-state index contributed by atoms with van der Waals surface area (Å²) in [6.45, 7) is 19.5. The Kier molecular flexibility index (Phi) is 37.4. The summed E-state index contributed by atoms with van der Waals surface area (Å²) in [5.74, 6) is -7.38. The van der Waals surface area contributed by atoms with Gasteiger partial charge in [0.2, 0.25) is 5.79 Å². The first-order valence-electron chi connectivity index (χ1n) is 32.6. The zero-order chi connectivity index (χ0) is 65.1. The van der Waals surface area contributed by atoms with Crippen molar-refractivity contribution in [2.24, 2.45) is 35.3 Å². The quantitative estimate of drug-likeness (QED) is 0.0263. The molecule has 0 spiro atoms. The zero-order valence-electron chi connectivity index (χ0n) is 54.9. The maximum absolute atomic E-state index is 14.6. The molecule has 0 unspecified atom stereocenters. The molecule has 4 rings (SSSR count). The summed E-state index contributed by atoms with van der Waals surface area (Å²) in [6.07, 6.45) is 10.3. The van der Waals surface area contributed by atoms with Crippen LogP contribution in [0.3, 0.4) is 0 Å². The van der Waals surface area contributed by atoms with Gasteiger partial charge in [-0.05, 0) is 127 Å². The van der Waals surface area contributed by atoms with Crippen LogP contribution in [0.25, 0.3) is 0 Å². The van der Waals surface area contributed by atoms with Crippen LogP contribution < -0.4 is 11.1 Å². The smallest absolute Gasteiger partial charge is 0.407 e. The van der Waals surface area contributed by atoms with Crippen molar-refractivity contribution in [3.63, 3.8) is 0 Å². The van der Waals surface area contributed by atoms with Crippen LogP contribution >= 0.6 is 0 Å². The van der Waals surface area contributed by atoms with Crippen LogP contribution in [0.15, 0.2) is 47.6 Å². The van der Waals surface area contributed by atoms with Crippen molar-refractivity contribution < 1.29 is 96.1 Å². The second-order valence-electron chi connectivity index (χ2n) is 24.3. The number of rotatable bonds is 28. The Hall–Kier alpha value is -4.05. The lowest BCUT2D eigenvalue weighted by Crippen LogP contribution is -2.61. The lowest BCUT2D eigenvalue weighted by Gasteiger charge is -2.42. The number of alkyl carbamates (subject to hydrolysis) is 1. The zero-order valence-corrected chi connectivity index (χ0v) is 54.9. The van der Waals surface area contributed by atoms with E-state index < -0.39 is 102 Å². The molecule has 23 heteroatoms. The first-order chi connectivity index (χ1) is 42.7. The summed E-state index contributed by atoms with van der Waals surface area (Å²) < 4.78 is 68.4. The van der Waals surface area contributed by atoms with Gasteiger partial charge in [0.15, 0.2) is 5.78 Å². The third kappa shape index (κ3) is 27.6. The van der Waals surface area contributed by atoms with Crippen molar-refractivity contribution in [3.8, 4) is 0 Å². The fraction of sp³-hybridized carbons (Fsp3) is 0.803. The van der Waals surface area contributed by atoms with Gasteiger partial charge in [-0.3, -0.25) is 14.4 Å². The number of carbonyl (C=O) groups is 5. The van der Waals surface area contributed by atoms with Gasteiger partial charge in [-0.2, -0.15) is 0 Å². The van der Waals surface area contributed by atoms with Crippen LogP contribution in [-0.4, -0.2) is 230 Å². The number of carbonyl (C=O) groups excluding carboxylic acids is 5. The summed E-state index contributed by atoms with van der Waals surface area (Å²) >= 11 is 0. The van der Waals surface area contributed by atoms with Crippen LogP contribution in [0.1, 0.15) is 132 Å². The van der Waals surface area contributed by atoms with E-state index in [9.17, 15) is 39.3 Å². The van der Waals surface area contributed by atoms with E-state index in [1.165, 1.54) is 4.90 Å². The molecule has 1 aliphatic carbocycles. The predicted molar refractivity (Wildman–Crippen MR) is 332 cm³/mol. The molecule has 2 bridgehead atoms. The first-order valence-corrected chi connectivity index (χ1v) is 32.6. The SMILES string of the molecule is CCOCCOCCOCCOCCOCCOCCOCCNC(=O)O[C@@H]1CC[C@@H](C[C@@H](N)[C@@H]2CC[C@H](C)/C=C(\C)[C@@H](O)[C@@H](O)C(=O)[C@H](C)C[C@H](C)/C=C/C=C/C=C(\C)[C@@H](OC)C[C@@H]3CC[C@@H](C)[C@@](O)(O3)C(=O)C(=O)N3CCCC[C@H]3C(=O)O2)C[C@H]1OC. The van der Waals surface area contributed by atoms with Gasteiger partial charge in [-0.25, -0.2) is 9.59 Å². The number of methoxy groups -OCH3 is 2. The number of fused-ring (bicyclic) bond motifs is 3. The average Bonchev–Trinajstić information content (AvgIpc) is 1.92. The third-order valence-corrected chi connectivity index (χ3v) is 17.2. The summed E-state index contributed by atoms with van der Waals surface area (Å²) in [7, 11) is 3.13. The second kappa shape index (κ2) is 43.0. The second-order valence-corrected chi connectivity index (χ2v) is 24.3. The predicted octanol–water partition coefficient (Wildman–Crippen LogP) is 5.91. The minimum absolute atomic E-state index is 0.0237. The van der Waals surface area contributed by atoms with Crippen LogP contribution in [0.4, 0.5) is 4.79 Å². The van der Waals surface area contributed by atoms with Crippen LogP contribution in [0, 0.1) is 29.6 Å². The molecular formula is C66H111N3O20. The van der Waals surface area contributed by atoms with E-state index in [1.54, 1.807) is 41.1 Å². The lowest BCUT2D eigenvalue weighted by atomic mass is 9.80. The van der Waals surface area contributed by atoms with Crippen LogP contribution in [0.5, 0.6) is 0 Å². The van der Waals surface area contributed by atoms with Crippen molar-refractivity contribution in [2.75, 3.05) is 120 Å². The number of ether oxygens (including phenoxy) is 12. The van der Waals surface area contributed by atoms with Gasteiger partial charge in [0.1, 0.15) is 30.5 Å². The molecule has 3 fully saturated rings. The Balaban J connectivity index is 1.34. The van der Waals surface area contributed by atoms with Gasteiger partial charge in [0.05, 0.1) is 104 Å². The number of hydrogen-bond donors (Lipinski definition) is 5. The number of aliphatic hydroxyl groups excluding tert-OH is 2. The number of cyclic esters (lactones) is 1. The summed E-state index contributed by atoms with van der Waals surface area (Å²) in [5.41, 5.74) is 8.34. The Morgan fingerprint density at radius 1 is 0.697 bits per heavy atom. The molecule has 89 heavy (non-hydrogen) atoms. The van der Waals surface area contributed by atoms with E-state index in [1.807, 2.05) is 58.1 Å². The molecule has 1 saturated carbocycles. The summed E-state index contributed by atoms with van der Waals surface area (Å²) in [6, 6.07) is -1.86. The molecule has 6 N–H and O–H groups in total. The highest BCUT2D eigenvalue weighted by molar-refractivity contribution is 6.39. The Bertz CT molecular complexity index is 2200. The molecule has 510 valence electrons. The molecule has 15 atom stereocenters. The van der Waals surface area contributed by atoms with E-state index in [0.29, 0.717) is 162 Å². The van der Waals surface area contributed by atoms with Crippen molar-refractivity contribution in [1.29, 1.82) is 0 Å². The number of nitrogens with one attached hydrogen (secondary N) is 1. The number of amides is 2. The first kappa shape index (κ1) is 77.4. The molecule has 0 aromatic rings. The molecule has 3 aliphatic heterocycles. The van der Waals surface area contributed by atoms with Crippen molar-refractivity contribution in [2.45, 2.75) is 193 Å². The Labute approximate surface area is 529 Å². The van der Waals surface area contributed by atoms with Gasteiger partial charge in [-0.1, -0.05) is 64.2 Å². The molecule has 2 saturated heterocycles. The van der Waals surface area contributed by atoms with E-state index >= 15 is 0 Å². The minimum atomic E-state index is -2.45. The van der Waals surface area contributed by atoms with Crippen molar-refractivity contribution in [1.82, 2.24) is 10.2 Å². The molecule has 0 radical (unpaired) electrons. The van der Waals surface area contributed by atoms with Gasteiger partial charge in [0, 0.05) is 58.2 Å². The van der Waals surface area contributed by atoms with E-state index in [4.69, 9.17) is 62.6 Å². The van der Waals surface area contributed by atoms with Gasteiger partial charge >= 0.3 is 12.1 Å². The van der Waals surface area contributed by atoms with Crippen molar-refractivity contribution >= 4 is 29.5 Å². The molecule has 0 aromatic heterocycles. The van der Waals surface area contributed by atoms with Crippen LogP contribution in [-0.2, 0) is 76.0 Å². The normalized spacial score (nSPS) is 32.6. The molecular weight excluding hydrogens is 1150 g/mol. The number of nitrogens with two attached hydrogens (primary N) is 1. The highest BCUT2D eigenvalue weighted by atomic mass is 16.6. The fourth-order valence-electron chi connectivity index (χ4n) is 11.8. The largest absolute Gasteiger partial charge is 0.459 e. The monoisotopic (exact) mass is 1270 g/mol. The number of aliphatic hydroxyl groups is 3. The molecule has 0 aromatic carbocycles. The van der Waals surface area contributed by atoms with Crippen LogP contribution in [0.2, 0.25) is 0 Å². The lowest BCUT2D eigenvalue weighted by molar-refractivity contribution is -0.265. The van der Waals surface area contributed by atoms with Crippen molar-refractivity contribution in [3.05, 3.63) is 47.6 Å². The van der Waals surface area contributed by atoms with Gasteiger partial charge < -0.3 is 88.1 Å². The van der Waals surface area contributed by atoms with E-state index in [2.05, 4.69) is 5.32 Å². The number of piperidine rings is 1. The molecule has 2 amide bonds. The third-order valence-electron chi connectivity index (χ3n) is 17.2. The minimum Gasteiger partial charge on any atom is -0.459 e. The maximum atomic E-state index is 14.6. The molecule has 4 aliphatic rings. The molecule has 23 nitrogen and oxygen atoms in total. The Morgan fingerprint density at radius 3 is 1.92 bits per heavy atom. The number of allylic oxidation sites excluding steroid dienone is 6. The molecule has 3 heterocycles.